The third-order valence-corrected chi connectivity index (χ3v) is 1.41. The Morgan fingerprint density at radius 2 is 2.00 bits per heavy atom. The van der Waals surface area contributed by atoms with Crippen molar-refractivity contribution in [1.29, 1.82) is 0 Å². The minimum Gasteiger partial charge on any atom is -0.297 e. The standard InChI is InChI=1S/C9H8F3N/c1-2-7-4-3-5-8(6-7)13-9(10,11)12/h2-6,13H,1H2. The van der Waals surface area contributed by atoms with Crippen molar-refractivity contribution in [3.8, 4) is 0 Å². The van der Waals surface area contributed by atoms with Crippen LogP contribution < -0.4 is 5.32 Å². The molecule has 0 atom stereocenters. The molecule has 0 aliphatic heterocycles. The summed E-state index contributed by atoms with van der Waals surface area (Å²) in [6, 6.07) is 5.93. The van der Waals surface area contributed by atoms with E-state index in [0.717, 1.165) is 0 Å². The number of alkyl halides is 3. The Hall–Kier alpha value is -1.45. The molecule has 4 heteroatoms. The van der Waals surface area contributed by atoms with Crippen molar-refractivity contribution in [2.24, 2.45) is 0 Å². The van der Waals surface area contributed by atoms with E-state index in [-0.39, 0.29) is 5.69 Å². The summed E-state index contributed by atoms with van der Waals surface area (Å²) in [4.78, 5) is 0. The molecule has 0 fully saturated rings. The van der Waals surface area contributed by atoms with Crippen LogP contribution in [0.1, 0.15) is 5.56 Å². The van der Waals surface area contributed by atoms with Crippen LogP contribution in [0.4, 0.5) is 18.9 Å². The van der Waals surface area contributed by atoms with E-state index in [1.807, 2.05) is 0 Å². The predicted octanol–water partition coefficient (Wildman–Crippen LogP) is 3.26. The number of halogens is 3. The summed E-state index contributed by atoms with van der Waals surface area (Å²) in [5.41, 5.74) is 0.666. The van der Waals surface area contributed by atoms with Gasteiger partial charge in [-0.25, -0.2) is 0 Å². The third-order valence-electron chi connectivity index (χ3n) is 1.41. The van der Waals surface area contributed by atoms with Gasteiger partial charge in [-0.2, -0.15) is 13.2 Å². The van der Waals surface area contributed by atoms with Crippen molar-refractivity contribution in [2.75, 3.05) is 5.32 Å². The van der Waals surface area contributed by atoms with Gasteiger partial charge in [0.15, 0.2) is 0 Å². The van der Waals surface area contributed by atoms with E-state index in [9.17, 15) is 13.2 Å². The monoisotopic (exact) mass is 187 g/mol. The number of hydrogen-bond donors (Lipinski definition) is 1. The molecule has 1 nitrogen and oxygen atoms in total. The highest BCUT2D eigenvalue weighted by Gasteiger charge is 2.26. The first kappa shape index (κ1) is 9.64. The Labute approximate surface area is 73.9 Å². The van der Waals surface area contributed by atoms with E-state index in [1.54, 1.807) is 6.07 Å². The minimum atomic E-state index is -4.39. The van der Waals surface area contributed by atoms with Gasteiger partial charge >= 0.3 is 6.30 Å². The molecule has 1 aromatic carbocycles. The molecule has 0 heterocycles. The molecule has 70 valence electrons. The van der Waals surface area contributed by atoms with E-state index < -0.39 is 6.30 Å². The largest absolute Gasteiger partial charge is 0.482 e. The SMILES string of the molecule is C=Cc1cccc(NC(F)(F)F)c1. The van der Waals surface area contributed by atoms with Crippen molar-refractivity contribution in [1.82, 2.24) is 0 Å². The maximum absolute atomic E-state index is 11.8. The van der Waals surface area contributed by atoms with Crippen molar-refractivity contribution < 1.29 is 13.2 Å². The fourth-order valence-electron chi connectivity index (χ4n) is 0.907. The molecule has 1 rings (SSSR count). The second-order valence-electron chi connectivity index (χ2n) is 2.45. The Bertz CT molecular complexity index is 304. The van der Waals surface area contributed by atoms with Crippen LogP contribution in [0.2, 0.25) is 0 Å². The fourth-order valence-corrected chi connectivity index (χ4v) is 0.907. The number of benzene rings is 1. The quantitative estimate of drug-likeness (QED) is 0.700. The molecule has 0 amide bonds. The molecular weight excluding hydrogens is 179 g/mol. The number of rotatable bonds is 2. The van der Waals surface area contributed by atoms with Crippen LogP contribution in [-0.2, 0) is 0 Å². The second kappa shape index (κ2) is 3.51. The lowest BCUT2D eigenvalue weighted by Gasteiger charge is -2.09. The second-order valence-corrected chi connectivity index (χ2v) is 2.45. The molecule has 0 bridgehead atoms. The van der Waals surface area contributed by atoms with Crippen molar-refractivity contribution in [2.45, 2.75) is 6.30 Å². The van der Waals surface area contributed by atoms with Gasteiger partial charge in [0.2, 0.25) is 0 Å². The maximum Gasteiger partial charge on any atom is 0.482 e. The Balaban J connectivity index is 2.84. The minimum absolute atomic E-state index is 0.0184. The third kappa shape index (κ3) is 3.19. The van der Waals surface area contributed by atoms with E-state index in [0.29, 0.717) is 5.56 Å². The van der Waals surface area contributed by atoms with E-state index in [2.05, 4.69) is 6.58 Å². The Kier molecular flexibility index (Phi) is 2.60. The van der Waals surface area contributed by atoms with Crippen LogP contribution in [0, 0.1) is 0 Å². The lowest BCUT2D eigenvalue weighted by molar-refractivity contribution is -0.0999. The molecule has 13 heavy (non-hydrogen) atoms. The molecule has 0 aromatic heterocycles. The summed E-state index contributed by atoms with van der Waals surface area (Å²) in [7, 11) is 0. The highest BCUT2D eigenvalue weighted by molar-refractivity contribution is 5.56. The Morgan fingerprint density at radius 3 is 2.54 bits per heavy atom. The average molecular weight is 187 g/mol. The van der Waals surface area contributed by atoms with Gasteiger partial charge in [0.1, 0.15) is 0 Å². The molecule has 0 unspecified atom stereocenters. The summed E-state index contributed by atoms with van der Waals surface area (Å²) in [5, 5.41) is 1.41. The highest BCUT2D eigenvalue weighted by Crippen LogP contribution is 2.20. The van der Waals surface area contributed by atoms with Crippen LogP contribution in [0.15, 0.2) is 30.8 Å². The van der Waals surface area contributed by atoms with E-state index >= 15 is 0 Å². The zero-order valence-electron chi connectivity index (χ0n) is 6.73. The van der Waals surface area contributed by atoms with E-state index in [4.69, 9.17) is 0 Å². The predicted molar refractivity (Wildman–Crippen MR) is 46.2 cm³/mol. The topological polar surface area (TPSA) is 12.0 Å². The first-order chi connectivity index (χ1) is 6.01. The summed E-state index contributed by atoms with van der Waals surface area (Å²) >= 11 is 0. The van der Waals surface area contributed by atoms with Crippen LogP contribution >= 0.6 is 0 Å². The molecular formula is C9H8F3N. The van der Waals surface area contributed by atoms with Gasteiger partial charge in [-0.05, 0) is 17.7 Å². The number of hydrogen-bond acceptors (Lipinski definition) is 1. The zero-order valence-corrected chi connectivity index (χ0v) is 6.73. The van der Waals surface area contributed by atoms with Gasteiger partial charge < -0.3 is 0 Å². The molecule has 1 N–H and O–H groups in total. The highest BCUT2D eigenvalue weighted by atomic mass is 19.4. The summed E-state index contributed by atoms with van der Waals surface area (Å²) in [6.45, 7) is 3.46. The van der Waals surface area contributed by atoms with Crippen molar-refractivity contribution in [3.05, 3.63) is 36.4 Å². The molecule has 1 aromatic rings. The van der Waals surface area contributed by atoms with Crippen LogP contribution in [0.5, 0.6) is 0 Å². The van der Waals surface area contributed by atoms with Gasteiger partial charge in [-0.3, -0.25) is 5.32 Å². The Morgan fingerprint density at radius 1 is 1.31 bits per heavy atom. The summed E-state index contributed by atoms with van der Waals surface area (Å²) < 4.78 is 35.5. The molecule has 0 aliphatic carbocycles. The maximum atomic E-state index is 11.8. The van der Waals surface area contributed by atoms with Gasteiger partial charge in [-0.1, -0.05) is 24.8 Å². The molecule has 0 aliphatic rings. The van der Waals surface area contributed by atoms with Crippen LogP contribution in [0.25, 0.3) is 6.08 Å². The van der Waals surface area contributed by atoms with Crippen molar-refractivity contribution in [3.63, 3.8) is 0 Å². The van der Waals surface area contributed by atoms with Crippen LogP contribution in [-0.4, -0.2) is 6.30 Å². The first-order valence-corrected chi connectivity index (χ1v) is 3.59. The van der Waals surface area contributed by atoms with Crippen molar-refractivity contribution >= 4 is 11.8 Å². The van der Waals surface area contributed by atoms with Crippen LogP contribution in [0.3, 0.4) is 0 Å². The molecule has 0 spiro atoms. The van der Waals surface area contributed by atoms with Gasteiger partial charge in [0, 0.05) is 5.69 Å². The van der Waals surface area contributed by atoms with E-state index in [1.165, 1.54) is 29.6 Å². The lowest BCUT2D eigenvalue weighted by atomic mass is 10.2. The number of anilines is 1. The number of nitrogens with one attached hydrogen (secondary N) is 1. The molecule has 0 saturated carbocycles. The first-order valence-electron chi connectivity index (χ1n) is 3.59. The normalized spacial score (nSPS) is 11.0. The summed E-state index contributed by atoms with van der Waals surface area (Å²) in [5.74, 6) is 0. The zero-order chi connectivity index (χ0) is 9.90. The van der Waals surface area contributed by atoms with Gasteiger partial charge in [0.05, 0.1) is 0 Å². The van der Waals surface area contributed by atoms with Gasteiger partial charge in [0.25, 0.3) is 0 Å². The van der Waals surface area contributed by atoms with Gasteiger partial charge in [-0.15, -0.1) is 0 Å². The molecule has 0 saturated heterocycles. The average Bonchev–Trinajstić information content (AvgIpc) is 2.01. The molecule has 0 radical (unpaired) electrons. The summed E-state index contributed by atoms with van der Waals surface area (Å²) in [6.07, 6.45) is -2.90. The smallest absolute Gasteiger partial charge is 0.297 e. The fraction of sp³-hybridized carbons (Fsp3) is 0.111. The lowest BCUT2D eigenvalue weighted by Crippen LogP contribution is -2.20.